The molecule has 0 saturated carbocycles. The van der Waals surface area contributed by atoms with Crippen LogP contribution in [0.25, 0.3) is 17.4 Å². The van der Waals surface area contributed by atoms with Gasteiger partial charge < -0.3 is 19.6 Å². The number of furan rings is 1. The van der Waals surface area contributed by atoms with E-state index < -0.39 is 11.9 Å². The van der Waals surface area contributed by atoms with E-state index in [1.54, 1.807) is 36.4 Å². The van der Waals surface area contributed by atoms with Crippen LogP contribution in [0.1, 0.15) is 21.7 Å². The Balaban J connectivity index is 1.43. The number of carbonyl (C=O) groups is 2. The van der Waals surface area contributed by atoms with Crippen molar-refractivity contribution in [2.75, 3.05) is 5.32 Å². The average molecular weight is 439 g/mol. The van der Waals surface area contributed by atoms with E-state index in [4.69, 9.17) is 14.3 Å². The van der Waals surface area contributed by atoms with Crippen LogP contribution in [0, 0.1) is 0 Å². The van der Waals surface area contributed by atoms with Gasteiger partial charge in [0.05, 0.1) is 0 Å². The number of hydrogen-bond acceptors (Lipinski definition) is 4. The number of rotatable bonds is 8. The van der Waals surface area contributed by atoms with Crippen molar-refractivity contribution in [3.63, 3.8) is 0 Å². The number of carboxylic acid groups (broad SMARTS) is 1. The minimum Gasteiger partial charge on any atom is -0.489 e. The Kier molecular flexibility index (Phi) is 6.66. The highest BCUT2D eigenvalue weighted by atomic mass is 16.5. The van der Waals surface area contributed by atoms with Crippen LogP contribution >= 0.6 is 0 Å². The molecule has 1 heterocycles. The van der Waals surface area contributed by atoms with Gasteiger partial charge >= 0.3 is 5.97 Å². The minimum atomic E-state index is -1.04. The summed E-state index contributed by atoms with van der Waals surface area (Å²) in [5, 5.41) is 11.5. The Labute approximate surface area is 190 Å². The van der Waals surface area contributed by atoms with E-state index in [9.17, 15) is 9.59 Å². The first-order valence-corrected chi connectivity index (χ1v) is 10.3. The number of carbonyl (C=O) groups excluding carboxylic acids is 1. The van der Waals surface area contributed by atoms with Crippen molar-refractivity contribution >= 4 is 23.6 Å². The summed E-state index contributed by atoms with van der Waals surface area (Å²) in [6.45, 7) is 0.455. The smallest absolute Gasteiger partial charge is 0.328 e. The predicted octanol–water partition coefficient (Wildman–Crippen LogP) is 5.88. The molecular formula is C27H21NO5. The molecule has 164 valence electrons. The largest absolute Gasteiger partial charge is 0.489 e. The molecule has 4 rings (SSSR count). The lowest BCUT2D eigenvalue weighted by Gasteiger charge is -2.07. The zero-order chi connectivity index (χ0) is 23.0. The highest BCUT2D eigenvalue weighted by molar-refractivity contribution is 6.02. The maximum atomic E-state index is 12.6. The van der Waals surface area contributed by atoms with E-state index in [2.05, 4.69) is 5.32 Å². The highest BCUT2D eigenvalue weighted by Gasteiger charge is 2.13. The Morgan fingerprint density at radius 1 is 0.909 bits per heavy atom. The molecule has 1 amide bonds. The van der Waals surface area contributed by atoms with Gasteiger partial charge in [0.1, 0.15) is 18.1 Å². The van der Waals surface area contributed by atoms with E-state index in [0.717, 1.165) is 17.2 Å². The third-order valence-electron chi connectivity index (χ3n) is 4.76. The second kappa shape index (κ2) is 10.2. The number of ether oxygens (including phenoxy) is 1. The fourth-order valence-corrected chi connectivity index (χ4v) is 3.18. The van der Waals surface area contributed by atoms with Gasteiger partial charge in [0, 0.05) is 17.3 Å². The van der Waals surface area contributed by atoms with Crippen molar-refractivity contribution in [2.24, 2.45) is 0 Å². The van der Waals surface area contributed by atoms with Gasteiger partial charge in [-0.1, -0.05) is 54.6 Å². The molecule has 0 spiro atoms. The molecule has 1 aromatic heterocycles. The van der Waals surface area contributed by atoms with Crippen LogP contribution in [0.4, 0.5) is 5.69 Å². The Hall–Kier alpha value is -4.58. The number of benzene rings is 3. The molecule has 3 aromatic carbocycles. The quantitative estimate of drug-likeness (QED) is 0.335. The summed E-state index contributed by atoms with van der Waals surface area (Å²) in [4.78, 5) is 23.3. The third-order valence-corrected chi connectivity index (χ3v) is 4.76. The number of carboxylic acids is 1. The average Bonchev–Trinajstić information content (AvgIpc) is 3.33. The lowest BCUT2D eigenvalue weighted by Crippen LogP contribution is -2.10. The lowest BCUT2D eigenvalue weighted by atomic mass is 10.1. The number of nitrogens with one attached hydrogen (secondary N) is 1. The Bertz CT molecular complexity index is 1290. The van der Waals surface area contributed by atoms with Gasteiger partial charge in [-0.15, -0.1) is 0 Å². The summed E-state index contributed by atoms with van der Waals surface area (Å²) < 4.78 is 11.6. The molecular weight excluding hydrogens is 418 g/mol. The number of aliphatic carboxylic acids is 1. The van der Waals surface area contributed by atoms with E-state index in [1.165, 1.54) is 6.08 Å². The molecule has 0 atom stereocenters. The predicted molar refractivity (Wildman–Crippen MR) is 126 cm³/mol. The Morgan fingerprint density at radius 2 is 1.73 bits per heavy atom. The zero-order valence-electron chi connectivity index (χ0n) is 17.6. The second-order valence-corrected chi connectivity index (χ2v) is 7.22. The SMILES string of the molecule is O=C(O)/C=C/c1cccc(NC(=O)c2ccc(-c3cccc(OCc4ccccc4)c3)o2)c1. The van der Waals surface area contributed by atoms with Gasteiger partial charge in [0.15, 0.2) is 5.76 Å². The van der Waals surface area contributed by atoms with Crippen molar-refractivity contribution in [2.45, 2.75) is 6.61 Å². The van der Waals surface area contributed by atoms with E-state index in [0.29, 0.717) is 29.4 Å². The van der Waals surface area contributed by atoms with Crippen molar-refractivity contribution in [3.05, 3.63) is 114 Å². The molecule has 0 aliphatic rings. The van der Waals surface area contributed by atoms with Gasteiger partial charge in [-0.3, -0.25) is 4.79 Å². The number of anilines is 1. The number of amides is 1. The third kappa shape index (κ3) is 5.98. The summed E-state index contributed by atoms with van der Waals surface area (Å²) in [6.07, 6.45) is 2.49. The monoisotopic (exact) mass is 439 g/mol. The highest BCUT2D eigenvalue weighted by Crippen LogP contribution is 2.27. The summed E-state index contributed by atoms with van der Waals surface area (Å²) in [6, 6.07) is 27.6. The standard InChI is InChI=1S/C27H21NO5/c29-26(30)15-12-19-8-4-10-22(16-19)28-27(31)25-14-13-24(33-25)21-9-5-11-23(17-21)32-18-20-6-2-1-3-7-20/h1-17H,18H2,(H,28,31)(H,29,30)/b15-12+. The van der Waals surface area contributed by atoms with E-state index in [1.807, 2.05) is 54.6 Å². The van der Waals surface area contributed by atoms with Gasteiger partial charge in [0.25, 0.3) is 5.91 Å². The first-order valence-electron chi connectivity index (χ1n) is 10.3. The molecule has 0 bridgehead atoms. The van der Waals surface area contributed by atoms with Crippen molar-refractivity contribution in [1.29, 1.82) is 0 Å². The normalized spacial score (nSPS) is 10.8. The fraction of sp³-hybridized carbons (Fsp3) is 0.0370. The van der Waals surface area contributed by atoms with Crippen LogP contribution in [-0.4, -0.2) is 17.0 Å². The van der Waals surface area contributed by atoms with Crippen LogP contribution in [0.3, 0.4) is 0 Å². The van der Waals surface area contributed by atoms with E-state index >= 15 is 0 Å². The molecule has 0 aliphatic carbocycles. The van der Waals surface area contributed by atoms with Crippen molar-refractivity contribution in [1.82, 2.24) is 0 Å². The molecule has 6 heteroatoms. The minimum absolute atomic E-state index is 0.159. The summed E-state index contributed by atoms with van der Waals surface area (Å²) in [5.41, 5.74) is 3.05. The molecule has 0 saturated heterocycles. The maximum Gasteiger partial charge on any atom is 0.328 e. The van der Waals surface area contributed by atoms with Crippen LogP contribution in [0.15, 0.2) is 101 Å². The zero-order valence-corrected chi connectivity index (χ0v) is 17.6. The van der Waals surface area contributed by atoms with Crippen LogP contribution < -0.4 is 10.1 Å². The lowest BCUT2D eigenvalue weighted by molar-refractivity contribution is -0.131. The van der Waals surface area contributed by atoms with Gasteiger partial charge in [-0.05, 0) is 53.6 Å². The molecule has 4 aromatic rings. The molecule has 33 heavy (non-hydrogen) atoms. The Morgan fingerprint density at radius 3 is 2.55 bits per heavy atom. The second-order valence-electron chi connectivity index (χ2n) is 7.22. The van der Waals surface area contributed by atoms with Crippen LogP contribution in [0.5, 0.6) is 5.75 Å². The van der Waals surface area contributed by atoms with Gasteiger partial charge in [-0.2, -0.15) is 0 Å². The first-order chi connectivity index (χ1) is 16.1. The van der Waals surface area contributed by atoms with E-state index in [-0.39, 0.29) is 5.76 Å². The molecule has 0 aliphatic heterocycles. The fourth-order valence-electron chi connectivity index (χ4n) is 3.18. The van der Waals surface area contributed by atoms with Crippen LogP contribution in [0.2, 0.25) is 0 Å². The van der Waals surface area contributed by atoms with Crippen LogP contribution in [-0.2, 0) is 11.4 Å². The molecule has 6 nitrogen and oxygen atoms in total. The van der Waals surface area contributed by atoms with Crippen molar-refractivity contribution < 1.29 is 23.8 Å². The molecule has 0 fully saturated rings. The van der Waals surface area contributed by atoms with Gasteiger partial charge in [0.2, 0.25) is 0 Å². The maximum absolute atomic E-state index is 12.6. The summed E-state index contributed by atoms with van der Waals surface area (Å²) in [5.74, 6) is -0.0419. The van der Waals surface area contributed by atoms with Crippen molar-refractivity contribution in [3.8, 4) is 17.1 Å². The molecule has 2 N–H and O–H groups in total. The summed E-state index contributed by atoms with van der Waals surface area (Å²) in [7, 11) is 0. The summed E-state index contributed by atoms with van der Waals surface area (Å²) >= 11 is 0. The molecule has 0 unspecified atom stereocenters. The number of hydrogen-bond donors (Lipinski definition) is 2. The molecule has 0 radical (unpaired) electrons. The first kappa shape index (κ1) is 21.6. The topological polar surface area (TPSA) is 88.8 Å². The van der Waals surface area contributed by atoms with Gasteiger partial charge in [-0.25, -0.2) is 4.79 Å².